The first-order valence-corrected chi connectivity index (χ1v) is 7.48. The van der Waals surface area contributed by atoms with Gasteiger partial charge in [0.2, 0.25) is 0 Å². The molecule has 1 atom stereocenters. The molecular formula is C15H30N2O3. The highest BCUT2D eigenvalue weighted by Gasteiger charge is 2.27. The van der Waals surface area contributed by atoms with Crippen LogP contribution in [0.15, 0.2) is 0 Å². The van der Waals surface area contributed by atoms with Crippen LogP contribution in [0.4, 0.5) is 4.79 Å². The number of rotatable bonds is 5. The summed E-state index contributed by atoms with van der Waals surface area (Å²) in [5, 5.41) is 6.28. The Bertz CT molecular complexity index is 307. The molecule has 1 saturated heterocycles. The van der Waals surface area contributed by atoms with Crippen molar-refractivity contribution in [2.75, 3.05) is 26.3 Å². The molecule has 0 aromatic heterocycles. The molecule has 1 amide bonds. The van der Waals surface area contributed by atoms with E-state index in [2.05, 4.69) is 24.5 Å². The number of alkyl carbamates (subject to hydrolysis) is 1. The average Bonchev–Trinajstić information content (AvgIpc) is 2.33. The van der Waals surface area contributed by atoms with Gasteiger partial charge in [-0.05, 0) is 46.0 Å². The van der Waals surface area contributed by atoms with Crippen LogP contribution in [0.3, 0.4) is 0 Å². The zero-order valence-electron chi connectivity index (χ0n) is 13.5. The predicted octanol–water partition coefficient (Wildman–Crippen LogP) is 2.31. The lowest BCUT2D eigenvalue weighted by Gasteiger charge is -2.34. The fraction of sp³-hybridized carbons (Fsp3) is 0.933. The van der Waals surface area contributed by atoms with Crippen LogP contribution in [0.5, 0.6) is 0 Å². The number of ether oxygens (including phenoxy) is 2. The highest BCUT2D eigenvalue weighted by molar-refractivity contribution is 5.67. The van der Waals surface area contributed by atoms with Crippen LogP contribution < -0.4 is 10.6 Å². The van der Waals surface area contributed by atoms with Gasteiger partial charge < -0.3 is 20.1 Å². The van der Waals surface area contributed by atoms with Gasteiger partial charge in [0.25, 0.3) is 0 Å². The molecule has 1 heterocycles. The SMILES string of the molecule is CC(CNC(=O)OC(C)(C)C)NCC1(C)CCOCC1. The predicted molar refractivity (Wildman–Crippen MR) is 79.9 cm³/mol. The first-order chi connectivity index (χ1) is 9.20. The molecular weight excluding hydrogens is 256 g/mol. The lowest BCUT2D eigenvalue weighted by molar-refractivity contribution is 0.0230. The number of hydrogen-bond acceptors (Lipinski definition) is 4. The van der Waals surface area contributed by atoms with Gasteiger partial charge in [-0.3, -0.25) is 0 Å². The lowest BCUT2D eigenvalue weighted by atomic mass is 9.82. The molecule has 0 spiro atoms. The molecule has 1 aliphatic heterocycles. The Hall–Kier alpha value is -0.810. The van der Waals surface area contributed by atoms with Crippen LogP contribution >= 0.6 is 0 Å². The summed E-state index contributed by atoms with van der Waals surface area (Å²) in [4.78, 5) is 11.6. The van der Waals surface area contributed by atoms with Gasteiger partial charge in [0, 0.05) is 32.3 Å². The zero-order chi connectivity index (χ0) is 15.2. The molecule has 0 aliphatic carbocycles. The topological polar surface area (TPSA) is 59.6 Å². The maximum atomic E-state index is 11.6. The Morgan fingerprint density at radius 3 is 2.50 bits per heavy atom. The van der Waals surface area contributed by atoms with E-state index in [-0.39, 0.29) is 12.1 Å². The van der Waals surface area contributed by atoms with Gasteiger partial charge in [-0.25, -0.2) is 4.79 Å². The maximum Gasteiger partial charge on any atom is 0.407 e. The number of nitrogens with one attached hydrogen (secondary N) is 2. The number of amides is 1. The van der Waals surface area contributed by atoms with Crippen LogP contribution in [0.2, 0.25) is 0 Å². The van der Waals surface area contributed by atoms with E-state index in [1.54, 1.807) is 0 Å². The van der Waals surface area contributed by atoms with E-state index in [9.17, 15) is 4.79 Å². The molecule has 1 unspecified atom stereocenters. The van der Waals surface area contributed by atoms with Crippen molar-refractivity contribution in [1.29, 1.82) is 0 Å². The molecule has 0 saturated carbocycles. The van der Waals surface area contributed by atoms with Crippen molar-refractivity contribution < 1.29 is 14.3 Å². The van der Waals surface area contributed by atoms with Crippen LogP contribution in [-0.4, -0.2) is 44.0 Å². The van der Waals surface area contributed by atoms with Gasteiger partial charge in [-0.15, -0.1) is 0 Å². The second-order valence-corrected chi connectivity index (χ2v) is 7.09. The molecule has 0 aromatic rings. The Kier molecular flexibility index (Phi) is 6.27. The normalized spacial score (nSPS) is 20.2. The van der Waals surface area contributed by atoms with Gasteiger partial charge in [0.05, 0.1) is 0 Å². The summed E-state index contributed by atoms with van der Waals surface area (Å²) in [5.74, 6) is 0. The summed E-state index contributed by atoms with van der Waals surface area (Å²) in [6.45, 7) is 13.2. The first kappa shape index (κ1) is 17.2. The second-order valence-electron chi connectivity index (χ2n) is 7.09. The van der Waals surface area contributed by atoms with Crippen molar-refractivity contribution in [2.45, 2.75) is 59.1 Å². The summed E-state index contributed by atoms with van der Waals surface area (Å²) in [7, 11) is 0. The van der Waals surface area contributed by atoms with E-state index < -0.39 is 5.60 Å². The van der Waals surface area contributed by atoms with Gasteiger partial charge >= 0.3 is 6.09 Å². The third-order valence-electron chi connectivity index (χ3n) is 3.53. The molecule has 5 heteroatoms. The van der Waals surface area contributed by atoms with Crippen molar-refractivity contribution in [2.24, 2.45) is 5.41 Å². The molecule has 1 rings (SSSR count). The Balaban J connectivity index is 2.20. The van der Waals surface area contributed by atoms with Crippen LogP contribution in [-0.2, 0) is 9.47 Å². The monoisotopic (exact) mass is 286 g/mol. The summed E-state index contributed by atoms with van der Waals surface area (Å²) in [6, 6.07) is 0.224. The van der Waals surface area contributed by atoms with E-state index >= 15 is 0 Å². The summed E-state index contributed by atoms with van der Waals surface area (Å²) in [5.41, 5.74) is -0.144. The maximum absolute atomic E-state index is 11.6. The molecule has 1 aliphatic rings. The quantitative estimate of drug-likeness (QED) is 0.814. The molecule has 0 radical (unpaired) electrons. The molecule has 1 fully saturated rings. The Labute approximate surface area is 122 Å². The van der Waals surface area contributed by atoms with E-state index in [0.717, 1.165) is 32.6 Å². The standard InChI is InChI=1S/C15H30N2O3/c1-12(10-16-13(18)20-14(2,3)4)17-11-15(5)6-8-19-9-7-15/h12,17H,6-11H2,1-5H3,(H,16,18). The van der Waals surface area contributed by atoms with Crippen LogP contribution in [0.25, 0.3) is 0 Å². The molecule has 20 heavy (non-hydrogen) atoms. The highest BCUT2D eigenvalue weighted by Crippen LogP contribution is 2.28. The average molecular weight is 286 g/mol. The van der Waals surface area contributed by atoms with E-state index in [4.69, 9.17) is 9.47 Å². The number of carbonyl (C=O) groups is 1. The van der Waals surface area contributed by atoms with Gasteiger partial charge in [-0.2, -0.15) is 0 Å². The van der Waals surface area contributed by atoms with E-state index in [1.807, 2.05) is 20.8 Å². The van der Waals surface area contributed by atoms with Crippen molar-refractivity contribution in [3.8, 4) is 0 Å². The minimum atomic E-state index is -0.448. The van der Waals surface area contributed by atoms with Crippen molar-refractivity contribution in [1.82, 2.24) is 10.6 Å². The third kappa shape index (κ3) is 7.10. The Morgan fingerprint density at radius 1 is 1.35 bits per heavy atom. The zero-order valence-corrected chi connectivity index (χ0v) is 13.5. The molecule has 5 nitrogen and oxygen atoms in total. The van der Waals surface area contributed by atoms with Gasteiger partial charge in [0.1, 0.15) is 5.60 Å². The molecule has 118 valence electrons. The fourth-order valence-corrected chi connectivity index (χ4v) is 2.08. The largest absolute Gasteiger partial charge is 0.444 e. The van der Waals surface area contributed by atoms with E-state index in [1.165, 1.54) is 0 Å². The van der Waals surface area contributed by atoms with Gasteiger partial charge in [-0.1, -0.05) is 6.92 Å². The second kappa shape index (κ2) is 7.27. The minimum absolute atomic E-state index is 0.224. The molecule has 0 bridgehead atoms. The number of carbonyl (C=O) groups excluding carboxylic acids is 1. The lowest BCUT2D eigenvalue weighted by Crippen LogP contribution is -2.45. The Morgan fingerprint density at radius 2 is 1.95 bits per heavy atom. The van der Waals surface area contributed by atoms with Crippen LogP contribution in [0, 0.1) is 5.41 Å². The first-order valence-electron chi connectivity index (χ1n) is 7.48. The van der Waals surface area contributed by atoms with Crippen molar-refractivity contribution in [3.05, 3.63) is 0 Å². The van der Waals surface area contributed by atoms with Crippen molar-refractivity contribution in [3.63, 3.8) is 0 Å². The van der Waals surface area contributed by atoms with Gasteiger partial charge in [0.15, 0.2) is 0 Å². The third-order valence-corrected chi connectivity index (χ3v) is 3.53. The number of hydrogen-bond donors (Lipinski definition) is 2. The minimum Gasteiger partial charge on any atom is -0.444 e. The molecule has 0 aromatic carbocycles. The smallest absolute Gasteiger partial charge is 0.407 e. The summed E-state index contributed by atoms with van der Waals surface area (Å²) < 4.78 is 10.6. The molecule has 2 N–H and O–H groups in total. The highest BCUT2D eigenvalue weighted by atomic mass is 16.6. The fourth-order valence-electron chi connectivity index (χ4n) is 2.08. The van der Waals surface area contributed by atoms with Crippen LogP contribution in [0.1, 0.15) is 47.5 Å². The summed E-state index contributed by atoms with van der Waals surface area (Å²) >= 11 is 0. The summed E-state index contributed by atoms with van der Waals surface area (Å²) in [6.07, 6.45) is 1.82. The van der Waals surface area contributed by atoms with E-state index in [0.29, 0.717) is 12.0 Å². The van der Waals surface area contributed by atoms with Crippen molar-refractivity contribution >= 4 is 6.09 Å².